The molecule has 10 aromatic carbocycles. The molecule has 0 spiro atoms. The average molecular weight is 791 g/mol. The van der Waals surface area contributed by atoms with Crippen LogP contribution in [0, 0.1) is 0 Å². The second-order valence-electron chi connectivity index (χ2n) is 15.9. The molecule has 0 aliphatic carbocycles. The van der Waals surface area contributed by atoms with Crippen molar-refractivity contribution in [2.75, 3.05) is 0 Å². The van der Waals surface area contributed by atoms with Gasteiger partial charge in [0.15, 0.2) is 17.5 Å². The van der Waals surface area contributed by atoms with Gasteiger partial charge in [-0.1, -0.05) is 164 Å². The quantitative estimate of drug-likeness (QED) is 0.163. The Kier molecular flexibility index (Phi) is 7.54. The Morgan fingerprint density at radius 1 is 0.306 bits per heavy atom. The highest BCUT2D eigenvalue weighted by atomic mass is 16.3. The number of benzene rings is 10. The van der Waals surface area contributed by atoms with Crippen molar-refractivity contribution in [2.24, 2.45) is 0 Å². The normalized spacial score (nSPS) is 11.9. The number of nitrogens with zero attached hydrogens (tertiary/aromatic N) is 4. The van der Waals surface area contributed by atoms with Crippen LogP contribution in [0.25, 0.3) is 127 Å². The van der Waals surface area contributed by atoms with Crippen LogP contribution in [0.15, 0.2) is 211 Å². The lowest BCUT2D eigenvalue weighted by molar-refractivity contribution is 0.669. The van der Waals surface area contributed by atoms with E-state index in [0.717, 1.165) is 55.4 Å². The average Bonchev–Trinajstić information content (AvgIpc) is 3.90. The summed E-state index contributed by atoms with van der Waals surface area (Å²) in [7, 11) is 0. The van der Waals surface area contributed by atoms with E-state index in [2.05, 4.69) is 180 Å². The number of hydrogen-bond acceptors (Lipinski definition) is 4. The molecule has 0 bridgehead atoms. The van der Waals surface area contributed by atoms with E-state index in [1.807, 2.05) is 30.3 Å². The monoisotopic (exact) mass is 790 g/mol. The Morgan fingerprint density at radius 3 is 1.45 bits per heavy atom. The van der Waals surface area contributed by atoms with Crippen molar-refractivity contribution in [3.8, 4) is 51.0 Å². The van der Waals surface area contributed by atoms with E-state index >= 15 is 0 Å². The van der Waals surface area contributed by atoms with Gasteiger partial charge in [0, 0.05) is 43.8 Å². The highest BCUT2D eigenvalue weighted by Crippen LogP contribution is 2.43. The van der Waals surface area contributed by atoms with E-state index < -0.39 is 0 Å². The Morgan fingerprint density at radius 2 is 0.790 bits per heavy atom. The highest BCUT2D eigenvalue weighted by molar-refractivity contribution is 6.25. The summed E-state index contributed by atoms with van der Waals surface area (Å²) in [5, 5.41) is 11.8. The fourth-order valence-electron chi connectivity index (χ4n) is 9.66. The van der Waals surface area contributed by atoms with E-state index in [4.69, 9.17) is 19.4 Å². The number of furan rings is 1. The number of para-hydroxylation sites is 3. The number of fused-ring (bicyclic) bond motifs is 12. The SMILES string of the molecule is c1ccc(-c2nc(-c3ccc4c(c3)oc3cccc(-c5ccccc5-n5c6ccccc6c6ccccc65)c34)nc(-c3ccc4c5ccccc5c5ccccc5c4c3)n2)cc1. The summed E-state index contributed by atoms with van der Waals surface area (Å²) in [5.74, 6) is 1.81. The molecule has 0 atom stereocenters. The third-order valence-corrected chi connectivity index (χ3v) is 12.4. The van der Waals surface area contributed by atoms with E-state index in [1.165, 1.54) is 54.1 Å². The molecule has 13 rings (SSSR count). The first kappa shape index (κ1) is 34.5. The summed E-state index contributed by atoms with van der Waals surface area (Å²) in [6, 6.07) is 72.7. The van der Waals surface area contributed by atoms with Gasteiger partial charge in [-0.05, 0) is 80.3 Å². The zero-order chi connectivity index (χ0) is 40.7. The van der Waals surface area contributed by atoms with Gasteiger partial charge in [-0.2, -0.15) is 0 Å². The number of aromatic nitrogens is 4. The molecule has 0 aliphatic heterocycles. The molecule has 0 unspecified atom stereocenters. The molecule has 0 saturated carbocycles. The minimum Gasteiger partial charge on any atom is -0.456 e. The topological polar surface area (TPSA) is 56.7 Å². The van der Waals surface area contributed by atoms with Gasteiger partial charge in [0.05, 0.1) is 16.7 Å². The third-order valence-electron chi connectivity index (χ3n) is 12.4. The molecular formula is C57H34N4O. The summed E-state index contributed by atoms with van der Waals surface area (Å²) >= 11 is 0. The predicted octanol–water partition coefficient (Wildman–Crippen LogP) is 15.0. The van der Waals surface area contributed by atoms with Crippen LogP contribution in [0.2, 0.25) is 0 Å². The first-order chi connectivity index (χ1) is 30.7. The zero-order valence-corrected chi connectivity index (χ0v) is 33.3. The molecule has 0 radical (unpaired) electrons. The van der Waals surface area contributed by atoms with Crippen LogP contribution >= 0.6 is 0 Å². The van der Waals surface area contributed by atoms with Crippen LogP contribution < -0.4 is 0 Å². The molecule has 62 heavy (non-hydrogen) atoms. The first-order valence-electron chi connectivity index (χ1n) is 20.9. The van der Waals surface area contributed by atoms with Crippen LogP contribution in [-0.2, 0) is 0 Å². The van der Waals surface area contributed by atoms with Gasteiger partial charge >= 0.3 is 0 Å². The first-order valence-corrected chi connectivity index (χ1v) is 20.9. The third kappa shape index (κ3) is 5.25. The van der Waals surface area contributed by atoms with Crippen LogP contribution in [0.3, 0.4) is 0 Å². The molecule has 3 heterocycles. The number of hydrogen-bond donors (Lipinski definition) is 0. The van der Waals surface area contributed by atoms with Gasteiger partial charge in [0.25, 0.3) is 0 Å². The molecule has 0 amide bonds. The summed E-state index contributed by atoms with van der Waals surface area (Å²) in [6.45, 7) is 0. The largest absolute Gasteiger partial charge is 0.456 e. The standard InChI is InChI=1S/C57H34N4O/c1-2-15-35(16-3-1)55-58-56(36-29-31-42-40-19-5-4-17-38(40)39-18-6-7-20-41(39)48(42)33-36)60-57(59-55)37-30-32-47-53(34-37)62-52-28-14-24-46(54(47)52)45-23-10-13-27-51(45)61-49-25-11-8-21-43(49)44-22-9-12-26-50(44)61/h1-34H. The minimum atomic E-state index is 0.580. The van der Waals surface area contributed by atoms with Crippen molar-refractivity contribution >= 4 is 76.1 Å². The second-order valence-corrected chi connectivity index (χ2v) is 15.9. The molecular weight excluding hydrogens is 757 g/mol. The molecule has 5 nitrogen and oxygen atoms in total. The van der Waals surface area contributed by atoms with Crippen LogP contribution in [0.1, 0.15) is 0 Å². The lowest BCUT2D eigenvalue weighted by Crippen LogP contribution is -2.00. The number of rotatable bonds is 5. The maximum absolute atomic E-state index is 6.72. The summed E-state index contributed by atoms with van der Waals surface area (Å²) in [5.41, 5.74) is 9.99. The van der Waals surface area contributed by atoms with Crippen LogP contribution in [0.5, 0.6) is 0 Å². The fourth-order valence-corrected chi connectivity index (χ4v) is 9.66. The van der Waals surface area contributed by atoms with Crippen molar-refractivity contribution in [1.29, 1.82) is 0 Å². The van der Waals surface area contributed by atoms with E-state index in [0.29, 0.717) is 17.5 Å². The molecule has 0 aliphatic rings. The molecule has 0 fully saturated rings. The van der Waals surface area contributed by atoms with Crippen molar-refractivity contribution in [1.82, 2.24) is 19.5 Å². The Hall–Kier alpha value is -8.41. The van der Waals surface area contributed by atoms with Gasteiger partial charge in [-0.25, -0.2) is 15.0 Å². The second kappa shape index (κ2) is 13.6. The van der Waals surface area contributed by atoms with Crippen LogP contribution in [0.4, 0.5) is 0 Å². The maximum Gasteiger partial charge on any atom is 0.164 e. The molecule has 0 saturated heterocycles. The molecule has 13 aromatic rings. The van der Waals surface area contributed by atoms with Gasteiger partial charge < -0.3 is 8.98 Å². The van der Waals surface area contributed by atoms with E-state index in [1.54, 1.807) is 0 Å². The molecule has 3 aromatic heterocycles. The summed E-state index contributed by atoms with van der Waals surface area (Å²) < 4.78 is 9.11. The molecule has 0 N–H and O–H groups in total. The summed E-state index contributed by atoms with van der Waals surface area (Å²) in [4.78, 5) is 15.4. The van der Waals surface area contributed by atoms with Crippen molar-refractivity contribution < 1.29 is 4.42 Å². The van der Waals surface area contributed by atoms with Crippen LogP contribution in [-0.4, -0.2) is 19.5 Å². The zero-order valence-electron chi connectivity index (χ0n) is 33.3. The van der Waals surface area contributed by atoms with Crippen molar-refractivity contribution in [3.05, 3.63) is 206 Å². The lowest BCUT2D eigenvalue weighted by Gasteiger charge is -2.14. The van der Waals surface area contributed by atoms with Gasteiger partial charge in [0.1, 0.15) is 11.2 Å². The van der Waals surface area contributed by atoms with Gasteiger partial charge in [-0.15, -0.1) is 0 Å². The maximum atomic E-state index is 6.72. The molecule has 288 valence electrons. The lowest BCUT2D eigenvalue weighted by atomic mass is 9.93. The van der Waals surface area contributed by atoms with E-state index in [-0.39, 0.29) is 0 Å². The fraction of sp³-hybridized carbons (Fsp3) is 0. The predicted molar refractivity (Wildman–Crippen MR) is 256 cm³/mol. The smallest absolute Gasteiger partial charge is 0.164 e. The Labute approximate surface area is 355 Å². The van der Waals surface area contributed by atoms with E-state index in [9.17, 15) is 0 Å². The van der Waals surface area contributed by atoms with Crippen molar-refractivity contribution in [2.45, 2.75) is 0 Å². The van der Waals surface area contributed by atoms with Crippen molar-refractivity contribution in [3.63, 3.8) is 0 Å². The Bertz CT molecular complexity index is 3850. The highest BCUT2D eigenvalue weighted by Gasteiger charge is 2.20. The molecule has 5 heteroatoms. The summed E-state index contributed by atoms with van der Waals surface area (Å²) in [6.07, 6.45) is 0. The Balaban J connectivity index is 0.981. The minimum absolute atomic E-state index is 0.580. The van der Waals surface area contributed by atoms with Gasteiger partial charge in [0.2, 0.25) is 0 Å². The van der Waals surface area contributed by atoms with Gasteiger partial charge in [-0.3, -0.25) is 0 Å².